The van der Waals surface area contributed by atoms with Crippen LogP contribution in [0.3, 0.4) is 0 Å². The van der Waals surface area contributed by atoms with Gasteiger partial charge in [-0.2, -0.15) is 0 Å². The van der Waals surface area contributed by atoms with Crippen LogP contribution in [0.15, 0.2) is 24.5 Å². The number of esters is 1. The Bertz CT molecular complexity index is 348. The van der Waals surface area contributed by atoms with Crippen molar-refractivity contribution in [2.24, 2.45) is 5.92 Å². The molecule has 0 saturated heterocycles. The van der Waals surface area contributed by atoms with E-state index in [2.05, 4.69) is 4.98 Å². The molecule has 1 aromatic heterocycles. The Kier molecular flexibility index (Phi) is 3.97. The van der Waals surface area contributed by atoms with E-state index in [9.17, 15) is 9.59 Å². The van der Waals surface area contributed by atoms with Crippen LogP contribution in [0.5, 0.6) is 0 Å². The van der Waals surface area contributed by atoms with Crippen LogP contribution in [0, 0.1) is 5.92 Å². The van der Waals surface area contributed by atoms with Gasteiger partial charge in [-0.3, -0.25) is 14.6 Å². The molecule has 1 unspecified atom stereocenters. The number of rotatable bonds is 4. The third kappa shape index (κ3) is 2.87. The minimum Gasteiger partial charge on any atom is -0.465 e. The summed E-state index contributed by atoms with van der Waals surface area (Å²) in [6.07, 6.45) is 3.04. The minimum absolute atomic E-state index is 0.240. The summed E-state index contributed by atoms with van der Waals surface area (Å²) in [7, 11) is 0. The molecule has 4 nitrogen and oxygen atoms in total. The first kappa shape index (κ1) is 11.4. The average molecular weight is 207 g/mol. The Hall–Kier alpha value is -1.71. The fourth-order valence-electron chi connectivity index (χ4n) is 1.14. The van der Waals surface area contributed by atoms with Gasteiger partial charge in [0.1, 0.15) is 5.92 Å². The molecule has 0 fully saturated rings. The van der Waals surface area contributed by atoms with Gasteiger partial charge in [0.15, 0.2) is 5.78 Å². The van der Waals surface area contributed by atoms with E-state index in [1.807, 2.05) is 0 Å². The number of hydrogen-bond acceptors (Lipinski definition) is 4. The van der Waals surface area contributed by atoms with Crippen molar-refractivity contribution in [3.05, 3.63) is 30.1 Å². The third-order valence-electron chi connectivity index (χ3n) is 2.00. The Morgan fingerprint density at radius 2 is 2.00 bits per heavy atom. The summed E-state index contributed by atoms with van der Waals surface area (Å²) >= 11 is 0. The van der Waals surface area contributed by atoms with Crippen LogP contribution in [0.4, 0.5) is 0 Å². The molecule has 1 aromatic rings. The normalized spacial score (nSPS) is 11.9. The van der Waals surface area contributed by atoms with Gasteiger partial charge in [-0.15, -0.1) is 0 Å². The summed E-state index contributed by atoms with van der Waals surface area (Å²) in [6, 6.07) is 3.16. The lowest BCUT2D eigenvalue weighted by molar-refractivity contribution is -0.145. The first-order valence-electron chi connectivity index (χ1n) is 4.77. The molecule has 0 spiro atoms. The second-order valence-corrected chi connectivity index (χ2v) is 3.07. The first-order valence-corrected chi connectivity index (χ1v) is 4.77. The van der Waals surface area contributed by atoms with Gasteiger partial charge in [-0.1, -0.05) is 0 Å². The number of nitrogens with zero attached hydrogens (tertiary/aromatic N) is 1. The molecule has 4 heteroatoms. The smallest absolute Gasteiger partial charge is 0.316 e. The van der Waals surface area contributed by atoms with Gasteiger partial charge in [0.25, 0.3) is 0 Å². The highest BCUT2D eigenvalue weighted by Gasteiger charge is 2.23. The molecule has 0 saturated carbocycles. The zero-order chi connectivity index (χ0) is 11.3. The predicted molar refractivity (Wildman–Crippen MR) is 54.4 cm³/mol. The van der Waals surface area contributed by atoms with Gasteiger partial charge < -0.3 is 4.74 Å². The molecule has 0 amide bonds. The number of ketones is 1. The SMILES string of the molecule is CCOC(=O)C(C)C(=O)c1ccncc1. The number of carbonyl (C=O) groups is 2. The second kappa shape index (κ2) is 5.24. The van der Waals surface area contributed by atoms with E-state index in [0.29, 0.717) is 5.56 Å². The highest BCUT2D eigenvalue weighted by Crippen LogP contribution is 2.09. The molecular weight excluding hydrogens is 194 g/mol. The maximum atomic E-state index is 11.7. The molecule has 1 rings (SSSR count). The quantitative estimate of drug-likeness (QED) is 0.426. The Labute approximate surface area is 88.3 Å². The van der Waals surface area contributed by atoms with Crippen LogP contribution >= 0.6 is 0 Å². The first-order chi connectivity index (χ1) is 7.16. The van der Waals surface area contributed by atoms with E-state index < -0.39 is 11.9 Å². The monoisotopic (exact) mass is 207 g/mol. The van der Waals surface area contributed by atoms with Crippen molar-refractivity contribution in [2.75, 3.05) is 6.61 Å². The van der Waals surface area contributed by atoms with Crippen molar-refractivity contribution < 1.29 is 14.3 Å². The van der Waals surface area contributed by atoms with Crippen LogP contribution in [-0.2, 0) is 9.53 Å². The fraction of sp³-hybridized carbons (Fsp3) is 0.364. The molecule has 0 aromatic carbocycles. The molecule has 0 aliphatic rings. The minimum atomic E-state index is -0.757. The Balaban J connectivity index is 2.73. The molecule has 0 aliphatic carbocycles. The predicted octanol–water partition coefficient (Wildman–Crippen LogP) is 1.46. The van der Waals surface area contributed by atoms with Crippen molar-refractivity contribution in [1.82, 2.24) is 4.98 Å². The van der Waals surface area contributed by atoms with Crippen molar-refractivity contribution in [2.45, 2.75) is 13.8 Å². The molecular formula is C11H13NO3. The standard InChI is InChI=1S/C11H13NO3/c1-3-15-11(14)8(2)10(13)9-4-6-12-7-5-9/h4-8H,3H2,1-2H3. The van der Waals surface area contributed by atoms with E-state index >= 15 is 0 Å². The lowest BCUT2D eigenvalue weighted by Crippen LogP contribution is -2.23. The van der Waals surface area contributed by atoms with Crippen LogP contribution in [0.1, 0.15) is 24.2 Å². The molecule has 15 heavy (non-hydrogen) atoms. The Morgan fingerprint density at radius 1 is 1.40 bits per heavy atom. The maximum Gasteiger partial charge on any atom is 0.316 e. The Morgan fingerprint density at radius 3 is 2.53 bits per heavy atom. The van der Waals surface area contributed by atoms with Gasteiger partial charge >= 0.3 is 5.97 Å². The molecule has 1 atom stereocenters. The van der Waals surface area contributed by atoms with Crippen LogP contribution in [-0.4, -0.2) is 23.3 Å². The van der Waals surface area contributed by atoms with E-state index in [0.717, 1.165) is 0 Å². The zero-order valence-corrected chi connectivity index (χ0v) is 8.77. The lowest BCUT2D eigenvalue weighted by Gasteiger charge is -2.08. The third-order valence-corrected chi connectivity index (χ3v) is 2.00. The van der Waals surface area contributed by atoms with Gasteiger partial charge in [-0.05, 0) is 26.0 Å². The number of pyridine rings is 1. The van der Waals surface area contributed by atoms with E-state index in [4.69, 9.17) is 4.74 Å². The van der Waals surface area contributed by atoms with E-state index in [1.54, 1.807) is 26.0 Å². The summed E-state index contributed by atoms with van der Waals surface area (Å²) in [5.74, 6) is -1.48. The number of ether oxygens (including phenoxy) is 1. The fourth-order valence-corrected chi connectivity index (χ4v) is 1.14. The van der Waals surface area contributed by atoms with E-state index in [-0.39, 0.29) is 12.4 Å². The molecule has 0 N–H and O–H groups in total. The number of Topliss-reactive ketones (excluding diaryl/α,β-unsaturated/α-hetero) is 1. The molecule has 0 bridgehead atoms. The number of aromatic nitrogens is 1. The van der Waals surface area contributed by atoms with Gasteiger partial charge in [0.05, 0.1) is 6.61 Å². The second-order valence-electron chi connectivity index (χ2n) is 3.07. The number of hydrogen-bond donors (Lipinski definition) is 0. The van der Waals surface area contributed by atoms with Crippen LogP contribution in [0.2, 0.25) is 0 Å². The van der Waals surface area contributed by atoms with Crippen molar-refractivity contribution >= 4 is 11.8 Å². The molecule has 0 radical (unpaired) electrons. The lowest BCUT2D eigenvalue weighted by atomic mass is 10.0. The highest BCUT2D eigenvalue weighted by molar-refractivity contribution is 6.08. The topological polar surface area (TPSA) is 56.3 Å². The summed E-state index contributed by atoms with van der Waals surface area (Å²) < 4.78 is 4.77. The van der Waals surface area contributed by atoms with Crippen LogP contribution < -0.4 is 0 Å². The highest BCUT2D eigenvalue weighted by atomic mass is 16.5. The zero-order valence-electron chi connectivity index (χ0n) is 8.77. The molecule has 0 aliphatic heterocycles. The average Bonchev–Trinajstić information content (AvgIpc) is 2.28. The van der Waals surface area contributed by atoms with E-state index in [1.165, 1.54) is 12.4 Å². The summed E-state index contributed by atoms with van der Waals surface area (Å²) in [5.41, 5.74) is 0.477. The van der Waals surface area contributed by atoms with Crippen molar-refractivity contribution in [3.8, 4) is 0 Å². The summed E-state index contributed by atoms with van der Waals surface area (Å²) in [4.78, 5) is 26.8. The maximum absolute atomic E-state index is 11.7. The number of carbonyl (C=O) groups excluding carboxylic acids is 2. The van der Waals surface area contributed by atoms with Gasteiger partial charge in [-0.25, -0.2) is 0 Å². The van der Waals surface area contributed by atoms with Crippen molar-refractivity contribution in [1.29, 1.82) is 0 Å². The van der Waals surface area contributed by atoms with Gasteiger partial charge in [0.2, 0.25) is 0 Å². The summed E-state index contributed by atoms with van der Waals surface area (Å²) in [6.45, 7) is 3.54. The molecule has 80 valence electrons. The van der Waals surface area contributed by atoms with Crippen molar-refractivity contribution in [3.63, 3.8) is 0 Å². The molecule has 1 heterocycles. The largest absolute Gasteiger partial charge is 0.465 e. The van der Waals surface area contributed by atoms with Gasteiger partial charge in [0, 0.05) is 18.0 Å². The van der Waals surface area contributed by atoms with Crippen LogP contribution in [0.25, 0.3) is 0 Å². The summed E-state index contributed by atoms with van der Waals surface area (Å²) in [5, 5.41) is 0.